The Bertz CT molecular complexity index is 404. The Balaban J connectivity index is 2.05. The average molecular weight is 228 g/mol. The van der Waals surface area contributed by atoms with Crippen LogP contribution in [-0.2, 0) is 6.42 Å². The monoisotopic (exact) mass is 227 g/mol. The molecule has 4 nitrogen and oxygen atoms in total. The molecule has 1 aliphatic heterocycles. The van der Waals surface area contributed by atoms with Gasteiger partial charge in [0, 0.05) is 6.54 Å². The zero-order valence-electron chi connectivity index (χ0n) is 8.66. The van der Waals surface area contributed by atoms with Gasteiger partial charge in [0.15, 0.2) is 0 Å². The maximum Gasteiger partial charge on any atom is 0.282 e. The fourth-order valence-electron chi connectivity index (χ4n) is 2.01. The van der Waals surface area contributed by atoms with Crippen LogP contribution in [0.4, 0.5) is 0 Å². The second kappa shape index (κ2) is 4.33. The van der Waals surface area contributed by atoms with Gasteiger partial charge in [0.2, 0.25) is 0 Å². The quantitative estimate of drug-likeness (QED) is 0.818. The minimum absolute atomic E-state index is 0.228. The first kappa shape index (κ1) is 10.6. The number of halogens is 1. The Hall–Kier alpha value is -0.870. The van der Waals surface area contributed by atoms with Gasteiger partial charge in [-0.3, -0.25) is 4.79 Å². The molecule has 1 unspecified atom stereocenters. The Kier molecular flexibility index (Phi) is 3.07. The minimum Gasteiger partial charge on any atom is -0.306 e. The summed E-state index contributed by atoms with van der Waals surface area (Å²) in [6, 6.07) is 1.67. The van der Waals surface area contributed by atoms with Crippen LogP contribution in [0.2, 0.25) is 5.02 Å². The van der Waals surface area contributed by atoms with E-state index in [1.807, 2.05) is 0 Å². The maximum atomic E-state index is 11.0. The normalized spacial score (nSPS) is 22.1. The third-order valence-corrected chi connectivity index (χ3v) is 3.08. The molecule has 0 saturated carbocycles. The Morgan fingerprint density at radius 2 is 2.53 bits per heavy atom. The van der Waals surface area contributed by atoms with Gasteiger partial charge in [-0.05, 0) is 38.4 Å². The average Bonchev–Trinajstić information content (AvgIpc) is 2.58. The number of H-pyrrole nitrogens is 1. The third kappa shape index (κ3) is 2.58. The van der Waals surface area contributed by atoms with Gasteiger partial charge in [-0.15, -0.1) is 0 Å². The van der Waals surface area contributed by atoms with Gasteiger partial charge < -0.3 is 4.90 Å². The predicted octanol–water partition coefficient (Wildman–Crippen LogP) is 0.917. The number of likely N-dealkylation sites (tertiary alicyclic amines) is 1. The van der Waals surface area contributed by atoms with Gasteiger partial charge in [0.05, 0.1) is 5.69 Å². The lowest BCUT2D eigenvalue weighted by Crippen LogP contribution is -2.16. The van der Waals surface area contributed by atoms with Crippen molar-refractivity contribution in [2.45, 2.75) is 12.8 Å². The summed E-state index contributed by atoms with van der Waals surface area (Å²) in [6.07, 6.45) is 2.08. The summed E-state index contributed by atoms with van der Waals surface area (Å²) in [5.41, 5.74) is 0.559. The summed E-state index contributed by atoms with van der Waals surface area (Å²) in [6.45, 7) is 2.24. The van der Waals surface area contributed by atoms with Crippen molar-refractivity contribution in [1.82, 2.24) is 15.1 Å². The first-order valence-corrected chi connectivity index (χ1v) is 5.45. The van der Waals surface area contributed by atoms with E-state index >= 15 is 0 Å². The highest BCUT2D eigenvalue weighted by Gasteiger charge is 2.20. The van der Waals surface area contributed by atoms with Gasteiger partial charge in [-0.1, -0.05) is 11.6 Å². The second-order valence-electron chi connectivity index (χ2n) is 4.16. The Morgan fingerprint density at radius 3 is 3.13 bits per heavy atom. The molecular weight excluding hydrogens is 214 g/mol. The first-order valence-electron chi connectivity index (χ1n) is 5.08. The van der Waals surface area contributed by atoms with Crippen molar-refractivity contribution in [2.24, 2.45) is 5.92 Å². The van der Waals surface area contributed by atoms with Crippen molar-refractivity contribution in [2.75, 3.05) is 20.1 Å². The second-order valence-corrected chi connectivity index (χ2v) is 4.56. The van der Waals surface area contributed by atoms with Crippen LogP contribution >= 0.6 is 11.6 Å². The molecule has 0 bridgehead atoms. The Labute approximate surface area is 93.2 Å². The van der Waals surface area contributed by atoms with E-state index in [2.05, 4.69) is 22.1 Å². The number of nitrogens with one attached hydrogen (secondary N) is 1. The van der Waals surface area contributed by atoms with Crippen molar-refractivity contribution in [1.29, 1.82) is 0 Å². The zero-order valence-corrected chi connectivity index (χ0v) is 9.42. The lowest BCUT2D eigenvalue weighted by Gasteiger charge is -2.09. The summed E-state index contributed by atoms with van der Waals surface area (Å²) in [7, 11) is 2.12. The number of rotatable bonds is 2. The fourth-order valence-corrected chi connectivity index (χ4v) is 2.18. The van der Waals surface area contributed by atoms with Gasteiger partial charge in [0.25, 0.3) is 5.56 Å². The van der Waals surface area contributed by atoms with Crippen LogP contribution in [0.3, 0.4) is 0 Å². The van der Waals surface area contributed by atoms with Crippen LogP contribution in [0.5, 0.6) is 0 Å². The highest BCUT2D eigenvalue weighted by atomic mass is 35.5. The smallest absolute Gasteiger partial charge is 0.282 e. The molecule has 0 aliphatic carbocycles. The van der Waals surface area contributed by atoms with E-state index in [9.17, 15) is 4.79 Å². The molecule has 2 rings (SSSR count). The predicted molar refractivity (Wildman–Crippen MR) is 59.2 cm³/mol. The van der Waals surface area contributed by atoms with Gasteiger partial charge in [0.1, 0.15) is 5.02 Å². The highest BCUT2D eigenvalue weighted by Crippen LogP contribution is 2.18. The van der Waals surface area contributed by atoms with Crippen molar-refractivity contribution in [3.63, 3.8) is 0 Å². The van der Waals surface area contributed by atoms with Gasteiger partial charge >= 0.3 is 0 Å². The third-order valence-electron chi connectivity index (χ3n) is 2.80. The van der Waals surface area contributed by atoms with Crippen LogP contribution in [-0.4, -0.2) is 35.2 Å². The van der Waals surface area contributed by atoms with E-state index in [-0.39, 0.29) is 10.6 Å². The standard InChI is InChI=1S/C10H14ClN3O/c1-14-3-2-7(6-14)4-8-5-9(11)10(15)13-12-8/h5,7H,2-4,6H2,1H3,(H,13,15). The molecule has 1 fully saturated rings. The van der Waals surface area contributed by atoms with Crippen molar-refractivity contribution in [3.8, 4) is 0 Å². The molecule has 0 spiro atoms. The lowest BCUT2D eigenvalue weighted by molar-refractivity contribution is 0.393. The molecule has 0 radical (unpaired) electrons. The van der Waals surface area contributed by atoms with Crippen LogP contribution in [0.15, 0.2) is 10.9 Å². The van der Waals surface area contributed by atoms with Crippen molar-refractivity contribution >= 4 is 11.6 Å². The van der Waals surface area contributed by atoms with E-state index in [1.165, 1.54) is 6.42 Å². The van der Waals surface area contributed by atoms with Crippen molar-refractivity contribution < 1.29 is 0 Å². The van der Waals surface area contributed by atoms with E-state index in [1.54, 1.807) is 6.07 Å². The van der Waals surface area contributed by atoms with Crippen LogP contribution < -0.4 is 5.56 Å². The molecule has 0 aromatic carbocycles. The van der Waals surface area contributed by atoms with Gasteiger partial charge in [-0.2, -0.15) is 5.10 Å². The molecule has 1 saturated heterocycles. The van der Waals surface area contributed by atoms with Crippen molar-refractivity contribution in [3.05, 3.63) is 27.1 Å². The summed E-state index contributed by atoms with van der Waals surface area (Å²) in [5.74, 6) is 0.629. The van der Waals surface area contributed by atoms with E-state index in [0.717, 1.165) is 25.2 Å². The van der Waals surface area contributed by atoms with Crippen LogP contribution in [0.1, 0.15) is 12.1 Å². The number of aromatic amines is 1. The molecule has 1 aromatic heterocycles. The Morgan fingerprint density at radius 1 is 1.73 bits per heavy atom. The SMILES string of the molecule is CN1CCC(Cc2cc(Cl)c(=O)[nH]n2)C1. The molecule has 5 heteroatoms. The molecule has 2 heterocycles. The first-order chi connectivity index (χ1) is 7.15. The number of hydrogen-bond donors (Lipinski definition) is 1. The van der Waals surface area contributed by atoms with E-state index in [4.69, 9.17) is 11.6 Å². The van der Waals surface area contributed by atoms with E-state index in [0.29, 0.717) is 5.92 Å². The number of aromatic nitrogens is 2. The summed E-state index contributed by atoms with van der Waals surface area (Å²) < 4.78 is 0. The highest BCUT2D eigenvalue weighted by molar-refractivity contribution is 6.30. The number of nitrogens with zero attached hydrogens (tertiary/aromatic N) is 2. The molecule has 1 atom stereocenters. The van der Waals surface area contributed by atoms with Gasteiger partial charge in [-0.25, -0.2) is 5.10 Å². The fraction of sp³-hybridized carbons (Fsp3) is 0.600. The number of hydrogen-bond acceptors (Lipinski definition) is 3. The van der Waals surface area contributed by atoms with Crippen LogP contribution in [0, 0.1) is 5.92 Å². The topological polar surface area (TPSA) is 49.0 Å². The minimum atomic E-state index is -0.316. The molecule has 1 N–H and O–H groups in total. The lowest BCUT2D eigenvalue weighted by atomic mass is 10.0. The largest absolute Gasteiger partial charge is 0.306 e. The maximum absolute atomic E-state index is 11.0. The summed E-state index contributed by atoms with van der Waals surface area (Å²) in [4.78, 5) is 13.3. The zero-order chi connectivity index (χ0) is 10.8. The summed E-state index contributed by atoms with van der Waals surface area (Å²) >= 11 is 5.73. The molecule has 0 amide bonds. The van der Waals surface area contributed by atoms with E-state index < -0.39 is 0 Å². The molecule has 82 valence electrons. The summed E-state index contributed by atoms with van der Waals surface area (Å²) in [5, 5.41) is 6.62. The molecule has 1 aromatic rings. The van der Waals surface area contributed by atoms with Crippen LogP contribution in [0.25, 0.3) is 0 Å². The molecule has 1 aliphatic rings. The molecular formula is C10H14ClN3O. The molecule has 15 heavy (non-hydrogen) atoms.